The number of hydrogen-bond donors (Lipinski definition) is 0. The van der Waals surface area contributed by atoms with E-state index in [1.54, 1.807) is 31.5 Å². The lowest BCUT2D eigenvalue weighted by atomic mass is 10.1. The SMILES string of the molecule is Cn1cnc2c(C#N)nc(-c3ccc(OCCN4C=NC(C)(C)C4=O)c(C(F)(F)F)c3)cc21. The minimum Gasteiger partial charge on any atom is -0.491 e. The number of hydrogen-bond acceptors (Lipinski definition) is 6. The Morgan fingerprint density at radius 1 is 1.24 bits per heavy atom. The predicted octanol–water partition coefficient (Wildman–Crippen LogP) is 3.55. The number of nitrogens with zero attached hydrogens (tertiary/aromatic N) is 6. The first-order chi connectivity index (χ1) is 15.5. The van der Waals surface area contributed by atoms with Gasteiger partial charge in [-0.05, 0) is 38.1 Å². The Morgan fingerprint density at radius 2 is 2.00 bits per heavy atom. The number of benzene rings is 1. The number of aliphatic imine (C=N–C) groups is 1. The van der Waals surface area contributed by atoms with Crippen LogP contribution in [0.15, 0.2) is 35.6 Å². The summed E-state index contributed by atoms with van der Waals surface area (Å²) in [6.07, 6.45) is -1.81. The lowest BCUT2D eigenvalue weighted by Crippen LogP contribution is -2.38. The molecule has 8 nitrogen and oxygen atoms in total. The number of halogens is 3. The molecule has 0 aliphatic carbocycles. The van der Waals surface area contributed by atoms with Gasteiger partial charge in [-0.25, -0.2) is 9.97 Å². The molecule has 1 aliphatic heterocycles. The van der Waals surface area contributed by atoms with Crippen LogP contribution in [0.1, 0.15) is 25.1 Å². The van der Waals surface area contributed by atoms with Crippen molar-refractivity contribution in [2.24, 2.45) is 12.0 Å². The average molecular weight is 456 g/mol. The summed E-state index contributed by atoms with van der Waals surface area (Å²) in [6, 6.07) is 7.11. The van der Waals surface area contributed by atoms with Gasteiger partial charge >= 0.3 is 6.18 Å². The Labute approximate surface area is 186 Å². The van der Waals surface area contributed by atoms with Gasteiger partial charge in [0.1, 0.15) is 29.5 Å². The molecule has 1 amide bonds. The molecule has 170 valence electrons. The Hall–Kier alpha value is -3.94. The van der Waals surface area contributed by atoms with Crippen LogP contribution in [0.4, 0.5) is 13.2 Å². The number of aryl methyl sites for hydroxylation is 1. The van der Waals surface area contributed by atoms with Crippen LogP contribution in [-0.4, -0.2) is 50.4 Å². The maximum absolute atomic E-state index is 13.8. The highest BCUT2D eigenvalue weighted by Gasteiger charge is 2.37. The first-order valence-electron chi connectivity index (χ1n) is 9.94. The normalized spacial score (nSPS) is 15.3. The van der Waals surface area contributed by atoms with Crippen LogP contribution in [0.2, 0.25) is 0 Å². The van der Waals surface area contributed by atoms with Crippen LogP contribution in [0.25, 0.3) is 22.3 Å². The fourth-order valence-corrected chi connectivity index (χ4v) is 3.48. The third-order valence-corrected chi connectivity index (χ3v) is 5.29. The number of ether oxygens (including phenoxy) is 1. The Bertz CT molecular complexity index is 1320. The van der Waals surface area contributed by atoms with Gasteiger partial charge < -0.3 is 9.30 Å². The number of carbonyl (C=O) groups excluding carboxylic acids is 1. The van der Waals surface area contributed by atoms with Crippen LogP contribution >= 0.6 is 0 Å². The van der Waals surface area contributed by atoms with E-state index in [2.05, 4.69) is 15.0 Å². The van der Waals surface area contributed by atoms with Crippen LogP contribution < -0.4 is 4.74 Å². The first-order valence-corrected chi connectivity index (χ1v) is 9.94. The highest BCUT2D eigenvalue weighted by molar-refractivity contribution is 5.99. The summed E-state index contributed by atoms with van der Waals surface area (Å²) in [5, 5.41) is 9.38. The van der Waals surface area contributed by atoms with Crippen molar-refractivity contribution >= 4 is 23.3 Å². The van der Waals surface area contributed by atoms with Crippen molar-refractivity contribution in [3.63, 3.8) is 0 Å². The van der Waals surface area contributed by atoms with Gasteiger partial charge in [0.25, 0.3) is 5.91 Å². The summed E-state index contributed by atoms with van der Waals surface area (Å²) in [5.74, 6) is -0.612. The van der Waals surface area contributed by atoms with E-state index in [1.807, 2.05) is 6.07 Å². The Kier molecular flexibility index (Phi) is 5.32. The van der Waals surface area contributed by atoms with E-state index in [4.69, 9.17) is 4.74 Å². The molecule has 1 aromatic carbocycles. The summed E-state index contributed by atoms with van der Waals surface area (Å²) in [7, 11) is 1.72. The molecule has 0 radical (unpaired) electrons. The number of aromatic nitrogens is 3. The molecule has 3 aromatic rings. The van der Waals surface area contributed by atoms with Crippen molar-refractivity contribution in [3.05, 3.63) is 41.9 Å². The van der Waals surface area contributed by atoms with E-state index in [-0.39, 0.29) is 41.8 Å². The molecule has 11 heteroatoms. The topological polar surface area (TPSA) is 96.4 Å². The standard InChI is InChI=1S/C22H19F3N6O2/c1-21(2)20(32)31(12-28-21)6-7-33-18-5-4-13(8-14(18)22(23,24)25)15-9-17-19(16(10-26)29-15)27-11-30(17)3/h4-5,8-9,11-12H,6-7H2,1-3H3. The van der Waals surface area contributed by atoms with Crippen LogP contribution in [0.5, 0.6) is 5.75 Å². The number of amides is 1. The van der Waals surface area contributed by atoms with E-state index >= 15 is 0 Å². The number of fused-ring (bicyclic) bond motifs is 1. The van der Waals surface area contributed by atoms with Gasteiger partial charge in [-0.1, -0.05) is 0 Å². The molecule has 1 aliphatic rings. The number of rotatable bonds is 5. The zero-order chi connectivity index (χ0) is 24.0. The van der Waals surface area contributed by atoms with Crippen molar-refractivity contribution < 1.29 is 22.7 Å². The maximum Gasteiger partial charge on any atom is 0.419 e. The van der Waals surface area contributed by atoms with E-state index in [9.17, 15) is 23.2 Å². The molecule has 0 unspecified atom stereocenters. The lowest BCUT2D eigenvalue weighted by Gasteiger charge is -2.19. The second-order valence-corrected chi connectivity index (χ2v) is 8.05. The second-order valence-electron chi connectivity index (χ2n) is 8.05. The number of carbonyl (C=O) groups is 1. The summed E-state index contributed by atoms with van der Waals surface area (Å²) in [5.41, 5.74) is -0.501. The van der Waals surface area contributed by atoms with Gasteiger partial charge in [-0.2, -0.15) is 18.4 Å². The van der Waals surface area contributed by atoms with E-state index in [0.717, 1.165) is 6.07 Å². The third kappa shape index (κ3) is 4.11. The van der Waals surface area contributed by atoms with E-state index in [1.165, 1.54) is 29.7 Å². The van der Waals surface area contributed by atoms with Gasteiger partial charge in [0, 0.05) is 12.6 Å². The molecule has 3 heterocycles. The summed E-state index contributed by atoms with van der Waals surface area (Å²) in [4.78, 5) is 25.9. The number of alkyl halides is 3. The smallest absolute Gasteiger partial charge is 0.419 e. The lowest BCUT2D eigenvalue weighted by molar-refractivity contribution is -0.139. The van der Waals surface area contributed by atoms with Gasteiger partial charge in [0.05, 0.1) is 36.0 Å². The van der Waals surface area contributed by atoms with E-state index in [0.29, 0.717) is 11.0 Å². The van der Waals surface area contributed by atoms with Crippen molar-refractivity contribution in [3.8, 4) is 23.1 Å². The highest BCUT2D eigenvalue weighted by Crippen LogP contribution is 2.39. The predicted molar refractivity (Wildman–Crippen MR) is 113 cm³/mol. The molecule has 0 spiro atoms. The molecule has 0 saturated carbocycles. The third-order valence-electron chi connectivity index (χ3n) is 5.29. The Balaban J connectivity index is 1.62. The number of nitriles is 1. The molecule has 33 heavy (non-hydrogen) atoms. The molecule has 4 rings (SSSR count). The molecule has 2 aromatic heterocycles. The minimum atomic E-state index is -4.69. The van der Waals surface area contributed by atoms with Crippen molar-refractivity contribution in [1.29, 1.82) is 5.26 Å². The molecular weight excluding hydrogens is 437 g/mol. The highest BCUT2D eigenvalue weighted by atomic mass is 19.4. The zero-order valence-electron chi connectivity index (χ0n) is 18.0. The zero-order valence-corrected chi connectivity index (χ0v) is 18.0. The van der Waals surface area contributed by atoms with E-state index < -0.39 is 17.3 Å². The van der Waals surface area contributed by atoms with Crippen molar-refractivity contribution in [1.82, 2.24) is 19.4 Å². The van der Waals surface area contributed by atoms with Crippen molar-refractivity contribution in [2.75, 3.05) is 13.2 Å². The summed E-state index contributed by atoms with van der Waals surface area (Å²) in [6.45, 7) is 3.23. The molecular formula is C22H19F3N6O2. The second kappa shape index (κ2) is 7.88. The monoisotopic (exact) mass is 456 g/mol. The number of imidazole rings is 1. The Morgan fingerprint density at radius 3 is 2.64 bits per heavy atom. The molecule has 0 N–H and O–H groups in total. The summed E-state index contributed by atoms with van der Waals surface area (Å²) < 4.78 is 48.4. The van der Waals surface area contributed by atoms with Crippen LogP contribution in [0, 0.1) is 11.3 Å². The fourth-order valence-electron chi connectivity index (χ4n) is 3.48. The van der Waals surface area contributed by atoms with Gasteiger partial charge in [-0.3, -0.25) is 14.7 Å². The van der Waals surface area contributed by atoms with Crippen LogP contribution in [0.3, 0.4) is 0 Å². The summed E-state index contributed by atoms with van der Waals surface area (Å²) >= 11 is 0. The quantitative estimate of drug-likeness (QED) is 0.585. The van der Waals surface area contributed by atoms with Crippen LogP contribution in [-0.2, 0) is 18.0 Å². The van der Waals surface area contributed by atoms with Crippen molar-refractivity contribution in [2.45, 2.75) is 25.6 Å². The number of pyridine rings is 1. The molecule has 0 atom stereocenters. The average Bonchev–Trinajstić information content (AvgIpc) is 3.26. The molecule has 0 saturated heterocycles. The van der Waals surface area contributed by atoms with Gasteiger partial charge in [0.15, 0.2) is 5.69 Å². The fraction of sp³-hybridized carbons (Fsp3) is 0.318. The maximum atomic E-state index is 13.8. The molecule has 0 fully saturated rings. The minimum absolute atomic E-state index is 0.0249. The first kappa shape index (κ1) is 22.3. The van der Waals surface area contributed by atoms with Gasteiger partial charge in [-0.15, -0.1) is 0 Å². The largest absolute Gasteiger partial charge is 0.491 e. The van der Waals surface area contributed by atoms with Gasteiger partial charge in [0.2, 0.25) is 0 Å². The molecule has 0 bridgehead atoms.